The molecule has 0 radical (unpaired) electrons. The summed E-state index contributed by atoms with van der Waals surface area (Å²) in [4.78, 5) is 10.6. The van der Waals surface area contributed by atoms with Crippen LogP contribution in [0.2, 0.25) is 0 Å². The smallest absolute Gasteiger partial charge is 0.320 e. The van der Waals surface area contributed by atoms with Crippen molar-refractivity contribution in [2.75, 3.05) is 18.8 Å². The third kappa shape index (κ3) is 4.24. The Morgan fingerprint density at radius 2 is 1.89 bits per heavy atom. The Kier molecular flexibility index (Phi) is 4.78. The quantitative estimate of drug-likeness (QED) is 0.849. The highest BCUT2D eigenvalue weighted by Crippen LogP contribution is 2.34. The first-order chi connectivity index (χ1) is 8.13. The van der Waals surface area contributed by atoms with Crippen molar-refractivity contribution in [3.63, 3.8) is 0 Å². The molecule has 0 aliphatic carbocycles. The molecule has 1 aliphatic rings. The minimum absolute atomic E-state index is 0.173. The molecule has 106 valence electrons. The number of rotatable bonds is 3. The van der Waals surface area contributed by atoms with Gasteiger partial charge >= 0.3 is 5.97 Å². The molecule has 1 aliphatic heterocycles. The fourth-order valence-electron chi connectivity index (χ4n) is 2.46. The van der Waals surface area contributed by atoms with E-state index in [2.05, 4.69) is 20.8 Å². The third-order valence-corrected chi connectivity index (χ3v) is 5.37. The molecule has 0 bridgehead atoms. The van der Waals surface area contributed by atoms with E-state index in [9.17, 15) is 13.2 Å². The van der Waals surface area contributed by atoms with Gasteiger partial charge in [0, 0.05) is 13.1 Å². The summed E-state index contributed by atoms with van der Waals surface area (Å²) < 4.78 is 25.0. The topological polar surface area (TPSA) is 74.7 Å². The molecule has 1 N–H and O–H groups in total. The zero-order chi connectivity index (χ0) is 14.0. The summed E-state index contributed by atoms with van der Waals surface area (Å²) in [6.07, 6.45) is 2.62. The van der Waals surface area contributed by atoms with Crippen molar-refractivity contribution in [2.24, 2.45) is 11.3 Å². The van der Waals surface area contributed by atoms with Crippen LogP contribution in [-0.4, -0.2) is 42.6 Å². The summed E-state index contributed by atoms with van der Waals surface area (Å²) >= 11 is 0. The molecule has 1 heterocycles. The maximum absolute atomic E-state index is 11.9. The zero-order valence-corrected chi connectivity index (χ0v) is 12.2. The van der Waals surface area contributed by atoms with Gasteiger partial charge in [0.05, 0.1) is 0 Å². The molecule has 1 unspecified atom stereocenters. The summed E-state index contributed by atoms with van der Waals surface area (Å²) in [5.74, 6) is -1.60. The number of carbonyl (C=O) groups is 1. The molecule has 1 fully saturated rings. The van der Waals surface area contributed by atoms with E-state index in [4.69, 9.17) is 5.11 Å². The largest absolute Gasteiger partial charge is 0.480 e. The van der Waals surface area contributed by atoms with Gasteiger partial charge in [-0.3, -0.25) is 4.79 Å². The predicted molar refractivity (Wildman–Crippen MR) is 69.8 cm³/mol. The molecule has 0 amide bonds. The highest BCUT2D eigenvalue weighted by Gasteiger charge is 2.31. The van der Waals surface area contributed by atoms with Crippen molar-refractivity contribution in [3.05, 3.63) is 0 Å². The number of carboxylic acids is 1. The lowest BCUT2D eigenvalue weighted by atomic mass is 9.77. The fraction of sp³-hybridized carbons (Fsp3) is 0.917. The Morgan fingerprint density at radius 1 is 1.28 bits per heavy atom. The van der Waals surface area contributed by atoms with E-state index in [1.165, 1.54) is 4.31 Å². The van der Waals surface area contributed by atoms with Crippen molar-refractivity contribution in [1.29, 1.82) is 0 Å². The van der Waals surface area contributed by atoms with E-state index >= 15 is 0 Å². The van der Waals surface area contributed by atoms with Crippen LogP contribution in [0.3, 0.4) is 0 Å². The van der Waals surface area contributed by atoms with Gasteiger partial charge in [-0.2, -0.15) is 0 Å². The molecule has 0 aromatic carbocycles. The van der Waals surface area contributed by atoms with Gasteiger partial charge in [-0.05, 0) is 30.6 Å². The maximum Gasteiger partial charge on any atom is 0.320 e. The van der Waals surface area contributed by atoms with Gasteiger partial charge in [0.1, 0.15) is 0 Å². The van der Waals surface area contributed by atoms with Crippen LogP contribution < -0.4 is 0 Å². The molecule has 0 aromatic rings. The Labute approximate surface area is 109 Å². The van der Waals surface area contributed by atoms with E-state index in [1.54, 1.807) is 0 Å². The minimum atomic E-state index is -3.64. The number of aliphatic carboxylic acids is 1. The van der Waals surface area contributed by atoms with Crippen LogP contribution >= 0.6 is 0 Å². The average Bonchev–Trinajstić information content (AvgIpc) is 2.39. The summed E-state index contributed by atoms with van der Waals surface area (Å²) in [6, 6.07) is 0. The molecular formula is C12H23NO4S. The molecule has 6 heteroatoms. The Bertz CT molecular complexity index is 397. The van der Waals surface area contributed by atoms with Crippen molar-refractivity contribution < 1.29 is 18.3 Å². The lowest BCUT2D eigenvalue weighted by molar-refractivity contribution is -0.134. The van der Waals surface area contributed by atoms with Crippen molar-refractivity contribution in [3.8, 4) is 0 Å². The van der Waals surface area contributed by atoms with Crippen LogP contribution in [0.5, 0.6) is 0 Å². The normalized spacial score (nSPS) is 23.6. The Balaban J connectivity index is 2.70. The second-order valence-corrected chi connectivity index (χ2v) is 8.01. The molecule has 1 rings (SSSR count). The van der Waals surface area contributed by atoms with Crippen LogP contribution in [0, 0.1) is 11.3 Å². The summed E-state index contributed by atoms with van der Waals surface area (Å²) in [5.41, 5.74) is 0.173. The van der Waals surface area contributed by atoms with Crippen molar-refractivity contribution in [2.45, 2.75) is 40.0 Å². The fourth-order valence-corrected chi connectivity index (χ4v) is 3.75. The van der Waals surface area contributed by atoms with Gasteiger partial charge in [0.2, 0.25) is 10.0 Å². The van der Waals surface area contributed by atoms with E-state index < -0.39 is 21.7 Å². The monoisotopic (exact) mass is 277 g/mol. The van der Waals surface area contributed by atoms with E-state index in [1.807, 2.05) is 0 Å². The number of carboxylic acid groups (broad SMARTS) is 1. The lowest BCUT2D eigenvalue weighted by Crippen LogP contribution is -2.36. The van der Waals surface area contributed by atoms with Gasteiger partial charge in [-0.15, -0.1) is 0 Å². The average molecular weight is 277 g/mol. The number of hydrogen-bond acceptors (Lipinski definition) is 3. The lowest BCUT2D eigenvalue weighted by Gasteiger charge is -2.29. The number of sulfonamides is 1. The summed E-state index contributed by atoms with van der Waals surface area (Å²) in [6.45, 7) is 7.39. The zero-order valence-electron chi connectivity index (χ0n) is 11.3. The highest BCUT2D eigenvalue weighted by molar-refractivity contribution is 7.89. The molecule has 0 aromatic heterocycles. The first-order valence-corrected chi connectivity index (χ1v) is 7.93. The molecule has 1 atom stereocenters. The van der Waals surface area contributed by atoms with Gasteiger partial charge in [0.25, 0.3) is 0 Å². The molecule has 1 saturated heterocycles. The van der Waals surface area contributed by atoms with E-state index in [-0.39, 0.29) is 5.41 Å². The SMILES string of the molecule is CC(C)(C)C1CCCN(S(=O)(=O)CC(=O)O)CC1. The van der Waals surface area contributed by atoms with Gasteiger partial charge in [-0.1, -0.05) is 20.8 Å². The molecular weight excluding hydrogens is 254 g/mol. The first-order valence-electron chi connectivity index (χ1n) is 6.32. The number of nitrogens with zero attached hydrogens (tertiary/aromatic N) is 1. The molecule has 5 nitrogen and oxygen atoms in total. The van der Waals surface area contributed by atoms with Crippen LogP contribution in [0.25, 0.3) is 0 Å². The van der Waals surface area contributed by atoms with Gasteiger partial charge in [-0.25, -0.2) is 12.7 Å². The molecule has 18 heavy (non-hydrogen) atoms. The third-order valence-electron chi connectivity index (χ3n) is 3.61. The summed E-state index contributed by atoms with van der Waals surface area (Å²) in [5, 5.41) is 8.63. The van der Waals surface area contributed by atoms with Crippen LogP contribution in [0.15, 0.2) is 0 Å². The standard InChI is InChI=1S/C12H23NO4S/c1-12(2,3)10-5-4-7-13(8-6-10)18(16,17)9-11(14)15/h10H,4-9H2,1-3H3,(H,14,15). The van der Waals surface area contributed by atoms with E-state index in [0.29, 0.717) is 19.0 Å². The second-order valence-electron chi connectivity index (χ2n) is 6.04. The van der Waals surface area contributed by atoms with Gasteiger partial charge < -0.3 is 5.11 Å². The van der Waals surface area contributed by atoms with Crippen LogP contribution in [-0.2, 0) is 14.8 Å². The van der Waals surface area contributed by atoms with Crippen molar-refractivity contribution >= 4 is 16.0 Å². The van der Waals surface area contributed by atoms with Crippen molar-refractivity contribution in [1.82, 2.24) is 4.31 Å². The van der Waals surface area contributed by atoms with Crippen LogP contribution in [0.4, 0.5) is 0 Å². The predicted octanol–water partition coefficient (Wildman–Crippen LogP) is 1.55. The number of hydrogen-bond donors (Lipinski definition) is 1. The first kappa shape index (κ1) is 15.4. The van der Waals surface area contributed by atoms with Crippen LogP contribution in [0.1, 0.15) is 40.0 Å². The van der Waals surface area contributed by atoms with E-state index in [0.717, 1.165) is 19.3 Å². The Morgan fingerprint density at radius 3 is 2.39 bits per heavy atom. The van der Waals surface area contributed by atoms with Gasteiger partial charge in [0.15, 0.2) is 5.75 Å². The maximum atomic E-state index is 11.9. The second kappa shape index (κ2) is 5.57. The molecule has 0 saturated carbocycles. The minimum Gasteiger partial charge on any atom is -0.480 e. The molecule has 0 spiro atoms. The summed E-state index contributed by atoms with van der Waals surface area (Å²) in [7, 11) is -3.64. The Hall–Kier alpha value is -0.620. The highest BCUT2D eigenvalue weighted by atomic mass is 32.2.